The molecule has 1 aliphatic heterocycles. The largest absolute Gasteiger partial charge is 0.387 e. The molecule has 0 radical (unpaired) electrons. The quantitative estimate of drug-likeness (QED) is 0.313. The second-order valence-electron chi connectivity index (χ2n) is 13.1. The Hall–Kier alpha value is -1.63. The first-order valence-corrected chi connectivity index (χ1v) is 15.1. The topological polar surface area (TPSA) is 125 Å². The molecule has 0 aromatic heterocycles. The molecule has 5 fully saturated rings. The number of carbonyl (C=O) groups excluding carboxylic acids is 2. The number of primary amides is 1. The molecular formula is C29H49N5O2. The summed E-state index contributed by atoms with van der Waals surface area (Å²) in [6.07, 6.45) is 18.0. The summed E-state index contributed by atoms with van der Waals surface area (Å²) in [5.74, 6) is 3.15. The van der Waals surface area contributed by atoms with E-state index >= 15 is 0 Å². The van der Waals surface area contributed by atoms with Crippen LogP contribution in [-0.4, -0.2) is 47.7 Å². The van der Waals surface area contributed by atoms with E-state index in [0.29, 0.717) is 30.3 Å². The van der Waals surface area contributed by atoms with Gasteiger partial charge in [-0.3, -0.25) is 19.9 Å². The van der Waals surface area contributed by atoms with Crippen molar-refractivity contribution in [2.45, 2.75) is 115 Å². The van der Waals surface area contributed by atoms with Crippen LogP contribution in [0.2, 0.25) is 0 Å². The maximum Gasteiger partial charge on any atom is 0.237 e. The summed E-state index contributed by atoms with van der Waals surface area (Å²) in [5.41, 5.74) is 11.3. The Morgan fingerprint density at radius 1 is 0.861 bits per heavy atom. The number of carbonyl (C=O) groups is 2. The van der Waals surface area contributed by atoms with Crippen molar-refractivity contribution in [3.05, 3.63) is 0 Å². The SMILES string of the molecule is N=C(N)C1CCC2CC(C(=O)NCC3(C(N)=O)CCCCC3)N(CC3CCCC4CCCCC43)C2C1. The first-order chi connectivity index (χ1) is 17.4. The lowest BCUT2D eigenvalue weighted by Gasteiger charge is -2.45. The molecule has 2 amide bonds. The van der Waals surface area contributed by atoms with Crippen molar-refractivity contribution in [1.29, 1.82) is 5.41 Å². The zero-order valence-electron chi connectivity index (χ0n) is 22.2. The molecule has 0 bridgehead atoms. The Kier molecular flexibility index (Phi) is 7.95. The maximum atomic E-state index is 13.8. The minimum absolute atomic E-state index is 0.0889. The lowest BCUT2D eigenvalue weighted by Crippen LogP contribution is -2.54. The fraction of sp³-hybridized carbons (Fsp3) is 0.897. The number of amidine groups is 1. The molecule has 7 unspecified atom stereocenters. The van der Waals surface area contributed by atoms with Crippen molar-refractivity contribution in [2.75, 3.05) is 13.1 Å². The van der Waals surface area contributed by atoms with Crippen LogP contribution >= 0.6 is 0 Å². The van der Waals surface area contributed by atoms with Crippen LogP contribution in [0.1, 0.15) is 103 Å². The van der Waals surface area contributed by atoms with E-state index in [0.717, 1.165) is 76.2 Å². The van der Waals surface area contributed by atoms with Crippen LogP contribution in [0, 0.1) is 40.4 Å². The highest BCUT2D eigenvalue weighted by molar-refractivity contribution is 5.85. The molecule has 7 heteroatoms. The fourth-order valence-corrected chi connectivity index (χ4v) is 9.03. The summed E-state index contributed by atoms with van der Waals surface area (Å²) in [6.45, 7) is 1.39. The summed E-state index contributed by atoms with van der Waals surface area (Å²) in [5, 5.41) is 11.3. The number of nitrogens with zero attached hydrogens (tertiary/aromatic N) is 1. The van der Waals surface area contributed by atoms with Crippen molar-refractivity contribution >= 4 is 17.6 Å². The number of fused-ring (bicyclic) bond motifs is 2. The highest BCUT2D eigenvalue weighted by atomic mass is 16.2. The lowest BCUT2D eigenvalue weighted by molar-refractivity contribution is -0.131. The predicted molar refractivity (Wildman–Crippen MR) is 142 cm³/mol. The zero-order chi connectivity index (χ0) is 25.3. The lowest BCUT2D eigenvalue weighted by atomic mass is 9.65. The number of nitrogens with two attached hydrogens (primary N) is 2. The van der Waals surface area contributed by atoms with Gasteiger partial charge in [0.1, 0.15) is 0 Å². The monoisotopic (exact) mass is 499 g/mol. The summed E-state index contributed by atoms with van der Waals surface area (Å²) < 4.78 is 0. The van der Waals surface area contributed by atoms with Gasteiger partial charge in [-0.25, -0.2) is 0 Å². The average molecular weight is 500 g/mol. The van der Waals surface area contributed by atoms with Crippen molar-refractivity contribution in [3.8, 4) is 0 Å². The molecule has 7 atom stereocenters. The Morgan fingerprint density at radius 2 is 1.61 bits per heavy atom. The predicted octanol–water partition coefficient (Wildman–Crippen LogP) is 3.94. The van der Waals surface area contributed by atoms with Gasteiger partial charge < -0.3 is 16.8 Å². The van der Waals surface area contributed by atoms with E-state index in [1.54, 1.807) is 0 Å². The van der Waals surface area contributed by atoms with Crippen molar-refractivity contribution in [2.24, 2.45) is 46.5 Å². The molecule has 0 aromatic rings. The van der Waals surface area contributed by atoms with E-state index in [1.165, 1.54) is 44.9 Å². The molecule has 4 saturated carbocycles. The van der Waals surface area contributed by atoms with Gasteiger partial charge in [0.05, 0.1) is 17.3 Å². The fourth-order valence-electron chi connectivity index (χ4n) is 9.03. The van der Waals surface area contributed by atoms with Gasteiger partial charge in [-0.2, -0.15) is 0 Å². The third-order valence-corrected chi connectivity index (χ3v) is 11.2. The molecule has 1 saturated heterocycles. The van der Waals surface area contributed by atoms with Gasteiger partial charge in [0, 0.05) is 25.0 Å². The van der Waals surface area contributed by atoms with Crippen molar-refractivity contribution in [3.63, 3.8) is 0 Å². The highest BCUT2D eigenvalue weighted by Gasteiger charge is 2.49. The smallest absolute Gasteiger partial charge is 0.237 e. The van der Waals surface area contributed by atoms with Crippen LogP contribution < -0.4 is 16.8 Å². The van der Waals surface area contributed by atoms with E-state index in [1.807, 2.05) is 0 Å². The average Bonchev–Trinajstić information content (AvgIpc) is 3.25. The molecule has 202 valence electrons. The van der Waals surface area contributed by atoms with E-state index in [2.05, 4.69) is 10.2 Å². The van der Waals surface area contributed by atoms with Crippen molar-refractivity contribution < 1.29 is 9.59 Å². The molecule has 6 N–H and O–H groups in total. The Morgan fingerprint density at radius 3 is 2.36 bits per heavy atom. The number of rotatable bonds is 7. The van der Waals surface area contributed by atoms with Gasteiger partial charge in [0.15, 0.2) is 0 Å². The second-order valence-corrected chi connectivity index (χ2v) is 13.1. The summed E-state index contributed by atoms with van der Waals surface area (Å²) in [4.78, 5) is 28.7. The Labute approximate surface area is 217 Å². The van der Waals surface area contributed by atoms with Crippen LogP contribution in [-0.2, 0) is 9.59 Å². The van der Waals surface area contributed by atoms with Crippen molar-refractivity contribution in [1.82, 2.24) is 10.2 Å². The molecule has 1 heterocycles. The first-order valence-electron chi connectivity index (χ1n) is 15.1. The maximum absolute atomic E-state index is 13.8. The number of nitrogens with one attached hydrogen (secondary N) is 2. The number of hydrogen-bond acceptors (Lipinski definition) is 4. The molecule has 4 aliphatic carbocycles. The summed E-state index contributed by atoms with van der Waals surface area (Å²) >= 11 is 0. The van der Waals surface area contributed by atoms with Crippen LogP contribution in [0.25, 0.3) is 0 Å². The van der Waals surface area contributed by atoms with Crippen LogP contribution in [0.3, 0.4) is 0 Å². The zero-order valence-corrected chi connectivity index (χ0v) is 22.2. The summed E-state index contributed by atoms with van der Waals surface area (Å²) in [7, 11) is 0. The second kappa shape index (κ2) is 11.0. The number of likely N-dealkylation sites (tertiary alicyclic amines) is 1. The first kappa shape index (κ1) is 26.0. The van der Waals surface area contributed by atoms with E-state index in [-0.39, 0.29) is 23.8 Å². The Balaban J connectivity index is 1.32. The van der Waals surface area contributed by atoms with E-state index < -0.39 is 5.41 Å². The van der Waals surface area contributed by atoms with Gasteiger partial charge >= 0.3 is 0 Å². The normalized spacial score (nSPS) is 38.5. The van der Waals surface area contributed by atoms with Crippen LogP contribution in [0.4, 0.5) is 0 Å². The van der Waals surface area contributed by atoms with Gasteiger partial charge in [0.2, 0.25) is 11.8 Å². The highest BCUT2D eigenvalue weighted by Crippen LogP contribution is 2.47. The van der Waals surface area contributed by atoms with E-state index in [9.17, 15) is 9.59 Å². The van der Waals surface area contributed by atoms with Gasteiger partial charge in [0.25, 0.3) is 0 Å². The van der Waals surface area contributed by atoms with Gasteiger partial charge in [-0.05, 0) is 75.0 Å². The molecule has 7 nitrogen and oxygen atoms in total. The molecule has 5 aliphatic rings. The van der Waals surface area contributed by atoms with Crippen LogP contribution in [0.15, 0.2) is 0 Å². The number of amides is 2. The molecule has 36 heavy (non-hydrogen) atoms. The number of hydrogen-bond donors (Lipinski definition) is 4. The van der Waals surface area contributed by atoms with E-state index in [4.69, 9.17) is 16.9 Å². The van der Waals surface area contributed by atoms with Crippen LogP contribution in [0.5, 0.6) is 0 Å². The molecule has 0 spiro atoms. The summed E-state index contributed by atoms with van der Waals surface area (Å²) in [6, 6.07) is 0.204. The van der Waals surface area contributed by atoms with Gasteiger partial charge in [-0.1, -0.05) is 51.4 Å². The third kappa shape index (κ3) is 5.19. The Bertz CT molecular complexity index is 822. The molecule has 5 rings (SSSR count). The molecular weight excluding hydrogens is 450 g/mol. The standard InChI is InChI=1S/C29H49N5O2/c30-26(31)21-12-11-20-15-25(27(35)33-18-29(28(32)36)13-4-1-5-14-29)34(24(20)16-21)17-22-9-6-8-19-7-2-3-10-23(19)22/h19-25H,1-18H2,(H3,30,31)(H2,32,36)(H,33,35). The van der Waals surface area contributed by atoms with Gasteiger partial charge in [-0.15, -0.1) is 0 Å². The minimum atomic E-state index is -0.581. The third-order valence-electron chi connectivity index (χ3n) is 11.2. The minimum Gasteiger partial charge on any atom is -0.387 e. The molecule has 0 aromatic carbocycles.